The molecule has 0 radical (unpaired) electrons. The molecule has 1 aromatic rings. The van der Waals surface area contributed by atoms with E-state index in [9.17, 15) is 14.7 Å². The number of carbonyl (C=O) groups is 2. The van der Waals surface area contributed by atoms with Gasteiger partial charge in [-0.25, -0.2) is 0 Å². The third kappa shape index (κ3) is 3.64. The van der Waals surface area contributed by atoms with Crippen LogP contribution in [0.2, 0.25) is 0 Å². The van der Waals surface area contributed by atoms with Crippen molar-refractivity contribution in [2.24, 2.45) is 0 Å². The van der Waals surface area contributed by atoms with E-state index in [2.05, 4.69) is 0 Å². The van der Waals surface area contributed by atoms with Crippen LogP contribution in [0.25, 0.3) is 0 Å². The lowest BCUT2D eigenvalue weighted by Gasteiger charge is -2.07. The Labute approximate surface area is 88.7 Å². The lowest BCUT2D eigenvalue weighted by Crippen LogP contribution is -2.21. The van der Waals surface area contributed by atoms with Gasteiger partial charge in [0, 0.05) is 12.0 Å². The first kappa shape index (κ1) is 11.6. The molecule has 3 nitrogen and oxygen atoms in total. The predicted octanol–water partition coefficient (Wildman–Crippen LogP) is 1.60. The van der Waals surface area contributed by atoms with Gasteiger partial charge in [-0.3, -0.25) is 4.79 Å². The second kappa shape index (κ2) is 5.41. The summed E-state index contributed by atoms with van der Waals surface area (Å²) >= 11 is 0. The number of benzene rings is 1. The van der Waals surface area contributed by atoms with E-state index in [0.717, 1.165) is 0 Å². The Morgan fingerprint density at radius 1 is 1.27 bits per heavy atom. The van der Waals surface area contributed by atoms with Crippen molar-refractivity contribution in [2.45, 2.75) is 25.9 Å². The van der Waals surface area contributed by atoms with E-state index in [4.69, 9.17) is 0 Å². The van der Waals surface area contributed by atoms with E-state index in [0.29, 0.717) is 5.56 Å². The number of ketones is 2. The molecule has 0 saturated heterocycles. The molecule has 0 unspecified atom stereocenters. The quantitative estimate of drug-likeness (QED) is 0.744. The highest BCUT2D eigenvalue weighted by Crippen LogP contribution is 2.07. The third-order valence-corrected chi connectivity index (χ3v) is 2.13. The number of hydrogen-bond acceptors (Lipinski definition) is 3. The minimum atomic E-state index is -1.07. The van der Waals surface area contributed by atoms with Crippen LogP contribution in [-0.4, -0.2) is 22.8 Å². The Balaban J connectivity index is 2.57. The van der Waals surface area contributed by atoms with Gasteiger partial charge in [0.05, 0.1) is 0 Å². The molecule has 0 spiro atoms. The molecule has 1 atom stereocenters. The standard InChI is InChI=1S/C12H14O3/c1-9(13)7-8-11(14)12(15)10-5-3-2-4-6-10/h2-6,11,14H,7-8H2,1H3/t11-/m0/s1. The van der Waals surface area contributed by atoms with Gasteiger partial charge >= 0.3 is 0 Å². The number of rotatable bonds is 5. The SMILES string of the molecule is CC(=O)CC[C@H](O)C(=O)c1ccccc1. The maximum atomic E-state index is 11.6. The van der Waals surface area contributed by atoms with Gasteiger partial charge in [0.2, 0.25) is 0 Å². The molecule has 1 rings (SSSR count). The zero-order chi connectivity index (χ0) is 11.3. The molecule has 15 heavy (non-hydrogen) atoms. The fourth-order valence-electron chi connectivity index (χ4n) is 1.27. The lowest BCUT2D eigenvalue weighted by atomic mass is 10.0. The average Bonchev–Trinajstić information content (AvgIpc) is 2.26. The Morgan fingerprint density at radius 2 is 1.87 bits per heavy atom. The fourth-order valence-corrected chi connectivity index (χ4v) is 1.27. The van der Waals surface area contributed by atoms with E-state index in [-0.39, 0.29) is 24.4 Å². The summed E-state index contributed by atoms with van der Waals surface area (Å²) in [6.45, 7) is 1.44. The summed E-state index contributed by atoms with van der Waals surface area (Å²) in [5, 5.41) is 9.52. The van der Waals surface area contributed by atoms with Crippen molar-refractivity contribution in [2.75, 3.05) is 0 Å². The summed E-state index contributed by atoms with van der Waals surface area (Å²) in [5.74, 6) is -0.341. The molecule has 80 valence electrons. The van der Waals surface area contributed by atoms with Crippen molar-refractivity contribution >= 4 is 11.6 Å². The molecule has 0 saturated carbocycles. The molecule has 0 bridgehead atoms. The predicted molar refractivity (Wildman–Crippen MR) is 56.7 cm³/mol. The topological polar surface area (TPSA) is 54.4 Å². The fraction of sp³-hybridized carbons (Fsp3) is 0.333. The van der Waals surface area contributed by atoms with Gasteiger partial charge in [-0.15, -0.1) is 0 Å². The summed E-state index contributed by atoms with van der Waals surface area (Å²) < 4.78 is 0. The van der Waals surface area contributed by atoms with E-state index in [1.165, 1.54) is 6.92 Å². The molecule has 0 amide bonds. The Kier molecular flexibility index (Phi) is 4.18. The van der Waals surface area contributed by atoms with Crippen LogP contribution < -0.4 is 0 Å². The number of carbonyl (C=O) groups excluding carboxylic acids is 2. The maximum Gasteiger partial charge on any atom is 0.191 e. The van der Waals surface area contributed by atoms with Gasteiger partial charge in [-0.2, -0.15) is 0 Å². The molecule has 0 aliphatic heterocycles. The van der Waals surface area contributed by atoms with E-state index < -0.39 is 6.10 Å². The monoisotopic (exact) mass is 206 g/mol. The van der Waals surface area contributed by atoms with Gasteiger partial charge in [0.1, 0.15) is 11.9 Å². The van der Waals surface area contributed by atoms with Crippen molar-refractivity contribution in [3.05, 3.63) is 35.9 Å². The van der Waals surface area contributed by atoms with E-state index >= 15 is 0 Å². The van der Waals surface area contributed by atoms with Gasteiger partial charge in [0.15, 0.2) is 5.78 Å². The summed E-state index contributed by atoms with van der Waals surface area (Å²) in [5.41, 5.74) is 0.480. The Hall–Kier alpha value is -1.48. The van der Waals surface area contributed by atoms with Crippen molar-refractivity contribution < 1.29 is 14.7 Å². The molecule has 1 aromatic carbocycles. The normalized spacial score (nSPS) is 12.1. The maximum absolute atomic E-state index is 11.6. The molecular formula is C12H14O3. The Bertz CT molecular complexity index is 343. The van der Waals surface area contributed by atoms with Crippen LogP contribution in [0.1, 0.15) is 30.1 Å². The zero-order valence-corrected chi connectivity index (χ0v) is 8.64. The van der Waals surface area contributed by atoms with Crippen LogP contribution in [0.15, 0.2) is 30.3 Å². The summed E-state index contributed by atoms with van der Waals surface area (Å²) in [4.78, 5) is 22.3. The molecular weight excluding hydrogens is 192 g/mol. The molecule has 0 heterocycles. The number of Topliss-reactive ketones (excluding diaryl/α,β-unsaturated/α-hetero) is 2. The van der Waals surface area contributed by atoms with Crippen LogP contribution >= 0.6 is 0 Å². The second-order valence-corrected chi connectivity index (χ2v) is 3.49. The van der Waals surface area contributed by atoms with Crippen LogP contribution in [0, 0.1) is 0 Å². The van der Waals surface area contributed by atoms with Gasteiger partial charge in [0.25, 0.3) is 0 Å². The molecule has 0 fully saturated rings. The molecule has 0 aliphatic carbocycles. The van der Waals surface area contributed by atoms with Crippen LogP contribution in [0.4, 0.5) is 0 Å². The van der Waals surface area contributed by atoms with Gasteiger partial charge in [-0.1, -0.05) is 30.3 Å². The minimum Gasteiger partial charge on any atom is -0.385 e. The van der Waals surface area contributed by atoms with Crippen LogP contribution in [0.3, 0.4) is 0 Å². The lowest BCUT2D eigenvalue weighted by molar-refractivity contribution is -0.117. The highest BCUT2D eigenvalue weighted by Gasteiger charge is 2.16. The zero-order valence-electron chi connectivity index (χ0n) is 8.64. The van der Waals surface area contributed by atoms with Crippen molar-refractivity contribution in [3.8, 4) is 0 Å². The highest BCUT2D eigenvalue weighted by molar-refractivity contribution is 5.99. The van der Waals surface area contributed by atoms with Crippen LogP contribution in [0.5, 0.6) is 0 Å². The van der Waals surface area contributed by atoms with Crippen molar-refractivity contribution in [3.63, 3.8) is 0 Å². The Morgan fingerprint density at radius 3 is 2.40 bits per heavy atom. The first-order valence-corrected chi connectivity index (χ1v) is 4.88. The molecule has 0 aromatic heterocycles. The van der Waals surface area contributed by atoms with Crippen molar-refractivity contribution in [1.29, 1.82) is 0 Å². The molecule has 0 aliphatic rings. The summed E-state index contributed by atoms with van der Waals surface area (Å²) in [6, 6.07) is 8.59. The first-order chi connectivity index (χ1) is 7.11. The number of aliphatic hydroxyl groups is 1. The number of hydrogen-bond donors (Lipinski definition) is 1. The summed E-state index contributed by atoms with van der Waals surface area (Å²) in [7, 11) is 0. The van der Waals surface area contributed by atoms with Gasteiger partial charge < -0.3 is 9.90 Å². The number of aliphatic hydroxyl groups excluding tert-OH is 1. The van der Waals surface area contributed by atoms with E-state index in [1.54, 1.807) is 30.3 Å². The second-order valence-electron chi connectivity index (χ2n) is 3.49. The smallest absolute Gasteiger partial charge is 0.191 e. The largest absolute Gasteiger partial charge is 0.385 e. The average molecular weight is 206 g/mol. The summed E-state index contributed by atoms with van der Waals surface area (Å²) in [6.07, 6.45) is -0.640. The first-order valence-electron chi connectivity index (χ1n) is 4.88. The van der Waals surface area contributed by atoms with Crippen molar-refractivity contribution in [1.82, 2.24) is 0 Å². The molecule has 3 heteroatoms. The minimum absolute atomic E-state index is 0.0186. The highest BCUT2D eigenvalue weighted by atomic mass is 16.3. The molecule has 1 N–H and O–H groups in total. The third-order valence-electron chi connectivity index (χ3n) is 2.13. The van der Waals surface area contributed by atoms with Gasteiger partial charge in [-0.05, 0) is 13.3 Å². The van der Waals surface area contributed by atoms with Crippen LogP contribution in [-0.2, 0) is 4.79 Å². The van der Waals surface area contributed by atoms with E-state index in [1.807, 2.05) is 0 Å².